The molecule has 139 valence electrons. The molecule has 4 rings (SSSR count). The minimum atomic E-state index is -3.82. The molecule has 1 radical (unpaired) electrons. The Morgan fingerprint density at radius 2 is 1.43 bits per heavy atom. The number of benzene rings is 3. The lowest BCUT2D eigenvalue weighted by atomic mass is 10.2. The highest BCUT2D eigenvalue weighted by Crippen LogP contribution is 2.28. The second-order valence-electron chi connectivity index (χ2n) is 6.19. The number of para-hydroxylation sites is 3. The van der Waals surface area contributed by atoms with Gasteiger partial charge in [0.05, 0.1) is 15.9 Å². The molecule has 0 aliphatic carbocycles. The Morgan fingerprint density at radius 1 is 0.821 bits per heavy atom. The van der Waals surface area contributed by atoms with Crippen molar-refractivity contribution >= 4 is 38.4 Å². The maximum Gasteiger partial charge on any atom is 0.263 e. The number of fused-ring (bicyclic) bond motifs is 1. The van der Waals surface area contributed by atoms with E-state index in [0.29, 0.717) is 16.9 Å². The van der Waals surface area contributed by atoms with Crippen molar-refractivity contribution in [2.45, 2.75) is 11.8 Å². The van der Waals surface area contributed by atoms with E-state index in [-0.39, 0.29) is 10.7 Å². The topological polar surface area (TPSA) is 84.0 Å². The summed E-state index contributed by atoms with van der Waals surface area (Å²) in [5.41, 5.74) is 3.08. The van der Waals surface area contributed by atoms with E-state index in [1.807, 2.05) is 49.4 Å². The van der Waals surface area contributed by atoms with Gasteiger partial charge in [0.15, 0.2) is 11.6 Å². The van der Waals surface area contributed by atoms with Crippen molar-refractivity contribution < 1.29 is 8.42 Å². The summed E-state index contributed by atoms with van der Waals surface area (Å²) in [6.45, 7) is 1.96. The van der Waals surface area contributed by atoms with Crippen LogP contribution < -0.4 is 10.0 Å². The predicted octanol–water partition coefficient (Wildman–Crippen LogP) is 4.28. The quantitative estimate of drug-likeness (QED) is 0.532. The lowest BCUT2D eigenvalue weighted by Gasteiger charge is -2.15. The molecule has 7 heteroatoms. The third-order valence-electron chi connectivity index (χ3n) is 4.20. The first-order chi connectivity index (χ1) is 13.5. The van der Waals surface area contributed by atoms with Crippen LogP contribution in [0.5, 0.6) is 0 Å². The van der Waals surface area contributed by atoms with Gasteiger partial charge in [-0.25, -0.2) is 18.4 Å². The Balaban J connectivity index is 1.81. The molecule has 0 aliphatic rings. The van der Waals surface area contributed by atoms with Crippen LogP contribution in [0.3, 0.4) is 0 Å². The maximum atomic E-state index is 12.8. The van der Waals surface area contributed by atoms with Crippen molar-refractivity contribution in [3.63, 3.8) is 0 Å². The minimum absolute atomic E-state index is 0.128. The highest BCUT2D eigenvalue weighted by atomic mass is 32.2. The third-order valence-corrected chi connectivity index (χ3v) is 5.55. The zero-order valence-electron chi connectivity index (χ0n) is 15.0. The summed E-state index contributed by atoms with van der Waals surface area (Å²) >= 11 is 0. The molecule has 4 aromatic rings. The zero-order valence-corrected chi connectivity index (χ0v) is 15.9. The van der Waals surface area contributed by atoms with Crippen molar-refractivity contribution in [3.05, 3.63) is 84.4 Å². The number of aryl methyl sites for hydroxylation is 1. The molecule has 0 fully saturated rings. The molecular weight excluding hydrogens is 372 g/mol. The largest absolute Gasteiger partial charge is 0.337 e. The van der Waals surface area contributed by atoms with Crippen LogP contribution in [0.25, 0.3) is 11.0 Å². The molecular formula is C21H17N4O2S. The van der Waals surface area contributed by atoms with Gasteiger partial charge >= 0.3 is 0 Å². The summed E-state index contributed by atoms with van der Waals surface area (Å²) in [7, 11) is -3.82. The smallest absolute Gasteiger partial charge is 0.263 e. The summed E-state index contributed by atoms with van der Waals surface area (Å²) in [4.78, 5) is 9.20. The molecule has 0 spiro atoms. The lowest BCUT2D eigenvalue weighted by molar-refractivity contribution is 0.601. The third kappa shape index (κ3) is 3.65. The van der Waals surface area contributed by atoms with E-state index in [1.54, 1.807) is 18.2 Å². The van der Waals surface area contributed by atoms with Crippen molar-refractivity contribution in [2.75, 3.05) is 10.0 Å². The van der Waals surface area contributed by atoms with Crippen LogP contribution >= 0.6 is 0 Å². The van der Waals surface area contributed by atoms with Crippen LogP contribution in [0.15, 0.2) is 77.7 Å². The highest BCUT2D eigenvalue weighted by Gasteiger charge is 2.19. The molecule has 2 N–H and O–H groups in total. The Morgan fingerprint density at radius 3 is 2.11 bits per heavy atom. The van der Waals surface area contributed by atoms with Gasteiger partial charge in [0.25, 0.3) is 10.0 Å². The van der Waals surface area contributed by atoms with Crippen molar-refractivity contribution in [1.82, 2.24) is 9.97 Å². The molecule has 6 nitrogen and oxygen atoms in total. The molecule has 0 saturated carbocycles. The molecule has 0 amide bonds. The van der Waals surface area contributed by atoms with Gasteiger partial charge in [-0.05, 0) is 48.9 Å². The normalized spacial score (nSPS) is 11.3. The minimum Gasteiger partial charge on any atom is -0.337 e. The van der Waals surface area contributed by atoms with Crippen LogP contribution in [0, 0.1) is 13.0 Å². The summed E-state index contributed by atoms with van der Waals surface area (Å²) in [5.74, 6) is 0.467. The number of hydrogen-bond donors (Lipinski definition) is 2. The molecule has 0 bridgehead atoms. The van der Waals surface area contributed by atoms with Gasteiger partial charge in [0, 0.05) is 5.69 Å². The second kappa shape index (κ2) is 7.28. The number of rotatable bonds is 5. The molecule has 0 saturated heterocycles. The van der Waals surface area contributed by atoms with E-state index in [1.165, 1.54) is 12.1 Å². The van der Waals surface area contributed by atoms with Crippen LogP contribution in [-0.4, -0.2) is 18.4 Å². The lowest BCUT2D eigenvalue weighted by Crippen LogP contribution is -2.16. The standard InChI is InChI=1S/C21H17N4O2S/c1-15-9-5-6-12-17(15)22-20-21(24-19-14-8-7-13-18(19)23-20)25-28(26,27)16-10-3-2-4-11-16/h3-14H,1H3,(H,22,23)(H,24,25). The fourth-order valence-electron chi connectivity index (χ4n) is 2.74. The van der Waals surface area contributed by atoms with E-state index in [4.69, 9.17) is 0 Å². The van der Waals surface area contributed by atoms with Crippen LogP contribution in [-0.2, 0) is 10.0 Å². The van der Waals surface area contributed by atoms with Crippen LogP contribution in [0.4, 0.5) is 17.3 Å². The zero-order chi connectivity index (χ0) is 19.6. The van der Waals surface area contributed by atoms with Crippen molar-refractivity contribution in [2.24, 2.45) is 0 Å². The Labute approximate surface area is 163 Å². The van der Waals surface area contributed by atoms with Gasteiger partial charge in [-0.15, -0.1) is 0 Å². The Bertz CT molecular complexity index is 1240. The van der Waals surface area contributed by atoms with Crippen molar-refractivity contribution in [3.8, 4) is 0 Å². The fraction of sp³-hybridized carbons (Fsp3) is 0.0476. The summed E-state index contributed by atoms with van der Waals surface area (Å²) in [5, 5.41) is 3.20. The maximum absolute atomic E-state index is 12.8. The number of sulfonamides is 1. The van der Waals surface area contributed by atoms with Crippen molar-refractivity contribution in [1.29, 1.82) is 0 Å². The monoisotopic (exact) mass is 389 g/mol. The Kier molecular flexibility index (Phi) is 4.67. The number of aromatic nitrogens is 2. The van der Waals surface area contributed by atoms with E-state index in [0.717, 1.165) is 11.3 Å². The van der Waals surface area contributed by atoms with Gasteiger partial charge < -0.3 is 5.32 Å². The van der Waals surface area contributed by atoms with Gasteiger partial charge in [-0.2, -0.15) is 0 Å². The molecule has 1 aromatic heterocycles. The van der Waals surface area contributed by atoms with Gasteiger partial charge in [0.2, 0.25) is 0 Å². The van der Waals surface area contributed by atoms with E-state index >= 15 is 0 Å². The SMILES string of the molecule is Cc1ccccc1Nc1nc2ccccc2nc1NS(=O)(=O)c1cc[c]cc1. The average molecular weight is 389 g/mol. The number of nitrogens with zero attached hydrogens (tertiary/aromatic N) is 2. The summed E-state index contributed by atoms with van der Waals surface area (Å²) in [6, 6.07) is 23.9. The number of anilines is 3. The molecule has 0 unspecified atom stereocenters. The Hall–Kier alpha value is -3.45. The predicted molar refractivity (Wildman–Crippen MR) is 110 cm³/mol. The summed E-state index contributed by atoms with van der Waals surface area (Å²) in [6.07, 6.45) is 0. The average Bonchev–Trinajstić information content (AvgIpc) is 2.70. The summed E-state index contributed by atoms with van der Waals surface area (Å²) < 4.78 is 28.1. The first kappa shape index (κ1) is 17.9. The molecule has 3 aromatic carbocycles. The van der Waals surface area contributed by atoms with Gasteiger partial charge in [-0.1, -0.05) is 42.5 Å². The molecule has 28 heavy (non-hydrogen) atoms. The van der Waals surface area contributed by atoms with Crippen LogP contribution in [0.2, 0.25) is 0 Å². The molecule has 0 atom stereocenters. The first-order valence-corrected chi connectivity index (χ1v) is 10.1. The fourth-order valence-corrected chi connectivity index (χ4v) is 3.75. The first-order valence-electron chi connectivity index (χ1n) is 8.61. The van der Waals surface area contributed by atoms with Crippen LogP contribution in [0.1, 0.15) is 5.56 Å². The molecule has 1 heterocycles. The second-order valence-corrected chi connectivity index (χ2v) is 7.87. The highest BCUT2D eigenvalue weighted by molar-refractivity contribution is 7.92. The molecule has 0 aliphatic heterocycles. The van der Waals surface area contributed by atoms with E-state index < -0.39 is 10.0 Å². The number of hydrogen-bond acceptors (Lipinski definition) is 5. The number of nitrogens with one attached hydrogen (secondary N) is 2. The van der Waals surface area contributed by atoms with E-state index in [2.05, 4.69) is 26.1 Å². The van der Waals surface area contributed by atoms with Gasteiger partial charge in [-0.3, -0.25) is 4.72 Å². The van der Waals surface area contributed by atoms with E-state index in [9.17, 15) is 8.42 Å². The van der Waals surface area contributed by atoms with Gasteiger partial charge in [0.1, 0.15) is 0 Å².